The van der Waals surface area contributed by atoms with Crippen molar-refractivity contribution in [3.63, 3.8) is 0 Å². The topological polar surface area (TPSA) is 98.5 Å². The molecule has 1 aliphatic heterocycles. The van der Waals surface area contributed by atoms with E-state index in [1.165, 1.54) is 12.1 Å². The number of halogens is 3. The van der Waals surface area contributed by atoms with E-state index in [9.17, 15) is 23.2 Å². The van der Waals surface area contributed by atoms with Crippen LogP contribution in [-0.4, -0.2) is 27.5 Å². The van der Waals surface area contributed by atoms with Crippen molar-refractivity contribution in [1.29, 1.82) is 5.26 Å². The van der Waals surface area contributed by atoms with Crippen molar-refractivity contribution in [3.8, 4) is 6.07 Å². The van der Waals surface area contributed by atoms with Gasteiger partial charge in [-0.2, -0.15) is 23.5 Å². The number of aromatic nitrogens is 3. The molecule has 2 aromatic heterocycles. The fourth-order valence-corrected chi connectivity index (χ4v) is 4.84. The van der Waals surface area contributed by atoms with Crippen molar-refractivity contribution in [2.45, 2.75) is 49.9 Å². The molecule has 33 heavy (non-hydrogen) atoms. The Morgan fingerprint density at radius 1 is 1.27 bits per heavy atom. The Morgan fingerprint density at radius 2 is 2.03 bits per heavy atom. The number of aromatic amines is 1. The van der Waals surface area contributed by atoms with Crippen LogP contribution < -0.4 is 16.2 Å². The highest BCUT2D eigenvalue weighted by Gasteiger charge is 2.57. The molecular weight excluding hydrogens is 433 g/mol. The molecule has 1 saturated heterocycles. The van der Waals surface area contributed by atoms with Crippen LogP contribution in [0.15, 0.2) is 41.3 Å². The van der Waals surface area contributed by atoms with Crippen molar-refractivity contribution in [3.05, 3.63) is 52.4 Å². The molecule has 0 bridgehead atoms. The van der Waals surface area contributed by atoms with E-state index < -0.39 is 11.7 Å². The van der Waals surface area contributed by atoms with Gasteiger partial charge in [0.2, 0.25) is 0 Å². The number of nitrogens with one attached hydrogen (secondary N) is 3. The molecular formula is C23H23F3N6O. The summed E-state index contributed by atoms with van der Waals surface area (Å²) in [5.41, 5.74) is -1.06. The molecule has 1 aromatic carbocycles. The summed E-state index contributed by atoms with van der Waals surface area (Å²) in [4.78, 5) is 15.3. The summed E-state index contributed by atoms with van der Waals surface area (Å²) in [6.07, 6.45) is -0.102. The number of hydrogen-bond acceptors (Lipinski definition) is 5. The van der Waals surface area contributed by atoms with E-state index in [1.54, 1.807) is 29.1 Å². The van der Waals surface area contributed by atoms with Crippen molar-refractivity contribution < 1.29 is 13.2 Å². The average Bonchev–Trinajstić information content (AvgIpc) is 3.36. The number of anilines is 2. The van der Waals surface area contributed by atoms with E-state index in [-0.39, 0.29) is 30.0 Å². The number of alkyl halides is 3. The van der Waals surface area contributed by atoms with Gasteiger partial charge in [0.05, 0.1) is 24.0 Å². The summed E-state index contributed by atoms with van der Waals surface area (Å²) >= 11 is 0. The van der Waals surface area contributed by atoms with E-state index in [2.05, 4.69) is 26.8 Å². The molecule has 3 aromatic rings. The second-order valence-electron chi connectivity index (χ2n) is 8.76. The lowest BCUT2D eigenvalue weighted by atomic mass is 9.87. The van der Waals surface area contributed by atoms with Gasteiger partial charge in [-0.25, -0.2) is 0 Å². The Bertz CT molecular complexity index is 1260. The Hall–Kier alpha value is -3.32. The van der Waals surface area contributed by atoms with Crippen LogP contribution in [-0.2, 0) is 5.54 Å². The normalized spacial score (nSPS) is 21.8. The summed E-state index contributed by atoms with van der Waals surface area (Å²) < 4.78 is 43.2. The fourth-order valence-electron chi connectivity index (χ4n) is 4.84. The molecule has 1 saturated carbocycles. The second kappa shape index (κ2) is 7.92. The number of rotatable bonds is 6. The minimum atomic E-state index is -4.40. The van der Waals surface area contributed by atoms with E-state index in [0.29, 0.717) is 41.3 Å². The highest BCUT2D eigenvalue weighted by Crippen LogP contribution is 2.45. The van der Waals surface area contributed by atoms with Crippen molar-refractivity contribution in [2.24, 2.45) is 5.92 Å². The molecule has 0 radical (unpaired) electrons. The third-order valence-corrected chi connectivity index (χ3v) is 6.69. The zero-order chi connectivity index (χ0) is 23.2. The number of H-pyrrole nitrogens is 1. The molecule has 3 heterocycles. The number of nitrogens with zero attached hydrogens (tertiary/aromatic N) is 3. The molecule has 2 aliphatic rings. The molecule has 10 heteroatoms. The minimum Gasteiger partial charge on any atom is -0.338 e. The summed E-state index contributed by atoms with van der Waals surface area (Å²) in [6.45, 7) is 0.316. The second-order valence-corrected chi connectivity index (χ2v) is 8.76. The molecule has 1 aliphatic carbocycles. The van der Waals surface area contributed by atoms with Crippen molar-refractivity contribution in [2.75, 3.05) is 11.9 Å². The van der Waals surface area contributed by atoms with Gasteiger partial charge < -0.3 is 10.3 Å². The molecule has 172 valence electrons. The summed E-state index contributed by atoms with van der Waals surface area (Å²) in [6, 6.07) is 9.89. The van der Waals surface area contributed by atoms with Crippen LogP contribution in [0, 0.1) is 17.2 Å². The first-order valence-corrected chi connectivity index (χ1v) is 11.0. The van der Waals surface area contributed by atoms with Gasteiger partial charge in [0.25, 0.3) is 5.56 Å². The minimum absolute atomic E-state index is 0.00482. The zero-order valence-corrected chi connectivity index (χ0v) is 17.7. The van der Waals surface area contributed by atoms with Crippen LogP contribution in [0.25, 0.3) is 10.9 Å². The Kier molecular flexibility index (Phi) is 5.16. The van der Waals surface area contributed by atoms with Crippen molar-refractivity contribution in [1.82, 2.24) is 20.1 Å². The molecule has 0 amide bonds. The largest absolute Gasteiger partial charge is 0.410 e. The third-order valence-electron chi connectivity index (χ3n) is 6.69. The zero-order valence-electron chi connectivity index (χ0n) is 17.7. The molecule has 2 atom stereocenters. The van der Waals surface area contributed by atoms with Crippen molar-refractivity contribution >= 4 is 22.4 Å². The van der Waals surface area contributed by atoms with Gasteiger partial charge in [0.15, 0.2) is 5.82 Å². The summed E-state index contributed by atoms with van der Waals surface area (Å²) in [5.74, 6) is 0.657. The van der Waals surface area contributed by atoms with Crippen LogP contribution >= 0.6 is 0 Å². The standard InChI is InChI=1S/C23H23F3N6O/c24-23(25,26)22(10-1-12-29-22)15-4-6-16(7-5-15)30-20-19-18(9-13-28-21(19)33)32(31-20)17(8-11-27)14-2-3-14/h4-7,9,13-14,17,29H,1-3,8,10,12H2,(H,28,33)(H,30,31). The number of fused-ring (bicyclic) bond motifs is 1. The highest BCUT2D eigenvalue weighted by molar-refractivity contribution is 5.91. The first-order chi connectivity index (χ1) is 15.8. The maximum Gasteiger partial charge on any atom is 0.410 e. The Balaban J connectivity index is 1.50. The Morgan fingerprint density at radius 3 is 2.64 bits per heavy atom. The lowest BCUT2D eigenvalue weighted by Crippen LogP contribution is -2.49. The van der Waals surface area contributed by atoms with Crippen LogP contribution in [0.1, 0.15) is 43.7 Å². The number of pyridine rings is 1. The van der Waals surface area contributed by atoms with E-state index in [4.69, 9.17) is 0 Å². The summed E-state index contributed by atoms with van der Waals surface area (Å²) in [7, 11) is 0. The fraction of sp³-hybridized carbons (Fsp3) is 0.435. The first kappa shape index (κ1) is 21.5. The molecule has 3 N–H and O–H groups in total. The third kappa shape index (κ3) is 3.66. The molecule has 2 unspecified atom stereocenters. The lowest BCUT2D eigenvalue weighted by Gasteiger charge is -2.32. The van der Waals surface area contributed by atoms with Gasteiger partial charge in [0, 0.05) is 11.9 Å². The molecule has 7 nitrogen and oxygen atoms in total. The predicted molar refractivity (Wildman–Crippen MR) is 117 cm³/mol. The Labute approximate surface area is 187 Å². The maximum atomic E-state index is 13.8. The SMILES string of the molecule is N#CCC(C1CC1)n1nc(Nc2ccc(C3(C(F)(F)F)CCCN3)cc2)c2c(=O)[nH]ccc21. The van der Waals surface area contributed by atoms with E-state index in [1.807, 2.05) is 0 Å². The van der Waals surface area contributed by atoms with Gasteiger partial charge >= 0.3 is 6.18 Å². The first-order valence-electron chi connectivity index (χ1n) is 11.0. The van der Waals surface area contributed by atoms with Gasteiger partial charge in [-0.05, 0) is 61.9 Å². The van der Waals surface area contributed by atoms with E-state index >= 15 is 0 Å². The molecule has 5 rings (SSSR count). The highest BCUT2D eigenvalue weighted by atomic mass is 19.4. The van der Waals surface area contributed by atoms with Crippen LogP contribution in [0.4, 0.5) is 24.7 Å². The van der Waals surface area contributed by atoms with Crippen LogP contribution in [0.2, 0.25) is 0 Å². The predicted octanol–water partition coefficient (Wildman–Crippen LogP) is 4.47. The number of hydrogen-bond donors (Lipinski definition) is 3. The van der Waals surface area contributed by atoms with E-state index in [0.717, 1.165) is 12.8 Å². The number of benzene rings is 1. The summed E-state index contributed by atoms with van der Waals surface area (Å²) in [5, 5.41) is 20.0. The van der Waals surface area contributed by atoms with Gasteiger partial charge in [0.1, 0.15) is 10.9 Å². The molecule has 2 fully saturated rings. The lowest BCUT2D eigenvalue weighted by molar-refractivity contribution is -0.196. The van der Waals surface area contributed by atoms with Crippen LogP contribution in [0.3, 0.4) is 0 Å². The number of nitriles is 1. The smallest absolute Gasteiger partial charge is 0.338 e. The van der Waals surface area contributed by atoms with Gasteiger partial charge in [-0.3, -0.25) is 14.8 Å². The monoisotopic (exact) mass is 456 g/mol. The molecule has 0 spiro atoms. The average molecular weight is 456 g/mol. The van der Waals surface area contributed by atoms with Gasteiger partial charge in [-0.1, -0.05) is 12.1 Å². The maximum absolute atomic E-state index is 13.8. The van der Waals surface area contributed by atoms with Gasteiger partial charge in [-0.15, -0.1) is 0 Å². The quantitative estimate of drug-likeness (QED) is 0.508. The van der Waals surface area contributed by atoms with Crippen LogP contribution in [0.5, 0.6) is 0 Å².